The first-order valence-corrected chi connectivity index (χ1v) is 6.10. The summed E-state index contributed by atoms with van der Waals surface area (Å²) in [6.45, 7) is 3.76. The molecule has 0 amide bonds. The van der Waals surface area contributed by atoms with Crippen molar-refractivity contribution in [3.05, 3.63) is 33.9 Å². The molecule has 0 bridgehead atoms. The number of nitrogens with two attached hydrogens (primary N) is 1. The molecule has 0 radical (unpaired) electrons. The zero-order chi connectivity index (χ0) is 14.0. The molecule has 1 aromatic carbocycles. The summed E-state index contributed by atoms with van der Waals surface area (Å²) in [7, 11) is 0. The molecule has 1 aliphatic rings. The van der Waals surface area contributed by atoms with Gasteiger partial charge in [-0.25, -0.2) is 0 Å². The smallest absolute Gasteiger partial charge is 0.293 e. The summed E-state index contributed by atoms with van der Waals surface area (Å²) in [5, 5.41) is 20.8. The molecule has 1 heterocycles. The van der Waals surface area contributed by atoms with E-state index in [1.165, 1.54) is 6.07 Å². The number of rotatable bonds is 4. The first kappa shape index (κ1) is 13.7. The molecule has 7 nitrogen and oxygen atoms in total. The van der Waals surface area contributed by atoms with Crippen LogP contribution in [0.5, 0.6) is 0 Å². The molecule has 0 aromatic heterocycles. The molecular formula is C12H18N4O3. The van der Waals surface area contributed by atoms with Crippen LogP contribution in [-0.2, 0) is 6.54 Å². The van der Waals surface area contributed by atoms with Crippen LogP contribution in [0.25, 0.3) is 0 Å². The molecule has 4 N–H and O–H groups in total. The number of nitrogens with zero attached hydrogens (tertiary/aromatic N) is 2. The number of benzene rings is 1. The van der Waals surface area contributed by atoms with Crippen molar-refractivity contribution in [1.29, 1.82) is 0 Å². The Bertz CT molecular complexity index is 490. The first-order chi connectivity index (χ1) is 8.91. The minimum Gasteiger partial charge on any atom is -0.389 e. The van der Waals surface area contributed by atoms with Crippen LogP contribution in [0.4, 0.5) is 11.4 Å². The van der Waals surface area contributed by atoms with Gasteiger partial charge in [0.15, 0.2) is 0 Å². The van der Waals surface area contributed by atoms with Gasteiger partial charge in [-0.05, 0) is 25.0 Å². The Morgan fingerprint density at radius 3 is 2.89 bits per heavy atom. The van der Waals surface area contributed by atoms with Crippen molar-refractivity contribution >= 4 is 11.4 Å². The maximum absolute atomic E-state index is 10.9. The third-order valence-corrected chi connectivity index (χ3v) is 3.35. The van der Waals surface area contributed by atoms with Gasteiger partial charge in [-0.2, -0.15) is 0 Å². The first-order valence-electron chi connectivity index (χ1n) is 6.10. The molecule has 1 unspecified atom stereocenters. The van der Waals surface area contributed by atoms with Crippen LogP contribution >= 0.6 is 0 Å². The quantitative estimate of drug-likeness (QED) is 0.423. The average Bonchev–Trinajstić information content (AvgIpc) is 2.68. The van der Waals surface area contributed by atoms with Crippen molar-refractivity contribution in [2.24, 2.45) is 5.84 Å². The lowest BCUT2D eigenvalue weighted by atomic mass is 10.1. The maximum Gasteiger partial charge on any atom is 0.293 e. The standard InChI is InChI=1S/C12H18N4O3/c1-12(17)4-5-15(8-12)7-9-2-3-10(14-13)11(6-9)16(18)19/h2-3,6,14,17H,4-5,7-8,13H2,1H3. The van der Waals surface area contributed by atoms with Gasteiger partial charge in [0.2, 0.25) is 0 Å². The second-order valence-corrected chi connectivity index (χ2v) is 5.21. The number of nitro groups is 1. The van der Waals surface area contributed by atoms with E-state index in [-0.39, 0.29) is 5.69 Å². The fourth-order valence-corrected chi connectivity index (χ4v) is 2.38. The van der Waals surface area contributed by atoms with Gasteiger partial charge in [-0.15, -0.1) is 0 Å². The Labute approximate surface area is 111 Å². The number of anilines is 1. The number of hydrogen-bond acceptors (Lipinski definition) is 6. The third kappa shape index (κ3) is 3.19. The molecule has 0 aliphatic carbocycles. The minimum absolute atomic E-state index is 0.0362. The molecule has 0 spiro atoms. The zero-order valence-electron chi connectivity index (χ0n) is 10.8. The van der Waals surface area contributed by atoms with E-state index in [0.717, 1.165) is 18.5 Å². The summed E-state index contributed by atoms with van der Waals surface area (Å²) >= 11 is 0. The summed E-state index contributed by atoms with van der Waals surface area (Å²) in [5.41, 5.74) is 2.75. The molecule has 7 heteroatoms. The van der Waals surface area contributed by atoms with E-state index >= 15 is 0 Å². The lowest BCUT2D eigenvalue weighted by Gasteiger charge is -2.18. The summed E-state index contributed by atoms with van der Waals surface area (Å²) in [4.78, 5) is 12.5. The van der Waals surface area contributed by atoms with E-state index in [1.54, 1.807) is 19.1 Å². The molecule has 1 atom stereocenters. The van der Waals surface area contributed by atoms with Crippen LogP contribution in [0.2, 0.25) is 0 Å². The highest BCUT2D eigenvalue weighted by atomic mass is 16.6. The number of likely N-dealkylation sites (tertiary alicyclic amines) is 1. The molecular weight excluding hydrogens is 248 g/mol. The predicted molar refractivity (Wildman–Crippen MR) is 71.4 cm³/mol. The van der Waals surface area contributed by atoms with Crippen molar-refractivity contribution < 1.29 is 10.0 Å². The number of nitro benzene ring substituents is 1. The van der Waals surface area contributed by atoms with E-state index < -0.39 is 10.5 Å². The Morgan fingerprint density at radius 2 is 2.37 bits per heavy atom. The summed E-state index contributed by atoms with van der Waals surface area (Å²) in [6.07, 6.45) is 0.720. The van der Waals surface area contributed by atoms with E-state index in [9.17, 15) is 15.2 Å². The van der Waals surface area contributed by atoms with Crippen LogP contribution in [-0.4, -0.2) is 33.6 Å². The van der Waals surface area contributed by atoms with Gasteiger partial charge < -0.3 is 10.5 Å². The number of β-amino-alcohol motifs (C(OH)–C–C–N with tert-alkyl or cyclic N) is 1. The molecule has 2 rings (SSSR count). The predicted octanol–water partition coefficient (Wildman–Crippen LogP) is 0.837. The van der Waals surface area contributed by atoms with Gasteiger partial charge in [-0.1, -0.05) is 6.07 Å². The Hall–Kier alpha value is -1.70. The molecule has 0 saturated carbocycles. The Balaban J connectivity index is 2.13. The second kappa shape index (κ2) is 5.12. The number of nitrogens with one attached hydrogen (secondary N) is 1. The van der Waals surface area contributed by atoms with E-state index in [4.69, 9.17) is 5.84 Å². The molecule has 1 aromatic rings. The summed E-state index contributed by atoms with van der Waals surface area (Å²) < 4.78 is 0. The fourth-order valence-electron chi connectivity index (χ4n) is 2.38. The van der Waals surface area contributed by atoms with Crippen molar-refractivity contribution in [2.75, 3.05) is 18.5 Å². The average molecular weight is 266 g/mol. The van der Waals surface area contributed by atoms with Gasteiger partial charge in [0, 0.05) is 25.7 Å². The number of aliphatic hydroxyl groups is 1. The number of nitrogen functional groups attached to an aromatic ring is 1. The number of hydrazine groups is 1. The largest absolute Gasteiger partial charge is 0.389 e. The highest BCUT2D eigenvalue weighted by Gasteiger charge is 2.31. The van der Waals surface area contributed by atoms with Gasteiger partial charge in [0.25, 0.3) is 5.69 Å². The molecule has 1 saturated heterocycles. The molecule has 1 fully saturated rings. The Kier molecular flexibility index (Phi) is 3.70. The van der Waals surface area contributed by atoms with Crippen LogP contribution in [0, 0.1) is 10.1 Å². The lowest BCUT2D eigenvalue weighted by molar-refractivity contribution is -0.384. The third-order valence-electron chi connectivity index (χ3n) is 3.35. The summed E-state index contributed by atoms with van der Waals surface area (Å²) in [5.74, 6) is 5.24. The van der Waals surface area contributed by atoms with E-state index in [0.29, 0.717) is 18.8 Å². The normalized spacial score (nSPS) is 23.5. The molecule has 19 heavy (non-hydrogen) atoms. The van der Waals surface area contributed by atoms with Crippen LogP contribution in [0.1, 0.15) is 18.9 Å². The second-order valence-electron chi connectivity index (χ2n) is 5.21. The topological polar surface area (TPSA) is 105 Å². The van der Waals surface area contributed by atoms with Crippen molar-refractivity contribution in [2.45, 2.75) is 25.5 Å². The minimum atomic E-state index is -0.662. The maximum atomic E-state index is 10.9. The van der Waals surface area contributed by atoms with Crippen molar-refractivity contribution in [3.63, 3.8) is 0 Å². The highest BCUT2D eigenvalue weighted by molar-refractivity contribution is 5.61. The monoisotopic (exact) mass is 266 g/mol. The molecule has 104 valence electrons. The van der Waals surface area contributed by atoms with Crippen LogP contribution in [0.15, 0.2) is 18.2 Å². The number of hydrogen-bond donors (Lipinski definition) is 3. The molecule has 1 aliphatic heterocycles. The van der Waals surface area contributed by atoms with Gasteiger partial charge >= 0.3 is 0 Å². The van der Waals surface area contributed by atoms with Crippen LogP contribution in [0.3, 0.4) is 0 Å². The van der Waals surface area contributed by atoms with Gasteiger partial charge in [0.1, 0.15) is 5.69 Å². The lowest BCUT2D eigenvalue weighted by Crippen LogP contribution is -2.29. The summed E-state index contributed by atoms with van der Waals surface area (Å²) in [6, 6.07) is 4.92. The highest BCUT2D eigenvalue weighted by Crippen LogP contribution is 2.27. The van der Waals surface area contributed by atoms with E-state index in [2.05, 4.69) is 10.3 Å². The van der Waals surface area contributed by atoms with Crippen molar-refractivity contribution in [3.8, 4) is 0 Å². The van der Waals surface area contributed by atoms with Crippen LogP contribution < -0.4 is 11.3 Å². The van der Waals surface area contributed by atoms with Crippen molar-refractivity contribution in [1.82, 2.24) is 4.90 Å². The van der Waals surface area contributed by atoms with E-state index in [1.807, 2.05) is 0 Å². The SMILES string of the molecule is CC1(O)CCN(Cc2ccc(NN)c([N+](=O)[O-])c2)C1. The zero-order valence-corrected chi connectivity index (χ0v) is 10.8. The van der Waals surface area contributed by atoms with Gasteiger partial charge in [0.05, 0.1) is 10.5 Å². The Morgan fingerprint density at radius 1 is 1.63 bits per heavy atom. The van der Waals surface area contributed by atoms with Gasteiger partial charge in [-0.3, -0.25) is 20.9 Å². The fraction of sp³-hybridized carbons (Fsp3) is 0.500.